The number of ketones is 3. The number of Topliss-reactive ketones (excluding diaryl/α,β-unsaturated/α-hetero) is 2. The fraction of sp³-hybridized carbons (Fsp3) is 0.391. The first-order chi connectivity index (χ1) is 15.5. The number of methoxy groups -OCH3 is 1. The van der Waals surface area contributed by atoms with Gasteiger partial charge in [-0.3, -0.25) is 19.2 Å². The lowest BCUT2D eigenvalue weighted by molar-refractivity contribution is -0.124. The molecule has 1 aliphatic heterocycles. The van der Waals surface area contributed by atoms with Gasteiger partial charge in [0, 0.05) is 31.0 Å². The third-order valence-corrected chi connectivity index (χ3v) is 5.90. The summed E-state index contributed by atoms with van der Waals surface area (Å²) in [7, 11) is 1.51. The van der Waals surface area contributed by atoms with Crippen LogP contribution < -0.4 is 15.4 Å². The highest BCUT2D eigenvalue weighted by atomic mass is 16.5. The lowest BCUT2D eigenvalue weighted by Crippen LogP contribution is -2.42. The molecule has 10 heteroatoms. The van der Waals surface area contributed by atoms with E-state index in [1.54, 1.807) is 0 Å². The highest BCUT2D eigenvalue weighted by Gasteiger charge is 2.56. The molecule has 1 atom stereocenters. The number of carbonyl (C=O) groups excluding carboxylic acids is 4. The van der Waals surface area contributed by atoms with Gasteiger partial charge in [-0.2, -0.15) is 0 Å². The first kappa shape index (κ1) is 24.0. The molecule has 0 radical (unpaired) electrons. The van der Waals surface area contributed by atoms with Crippen molar-refractivity contribution in [3.63, 3.8) is 0 Å². The van der Waals surface area contributed by atoms with E-state index in [4.69, 9.17) is 9.47 Å². The number of hydrogen-bond donors (Lipinski definition) is 4. The molecule has 1 aromatic rings. The van der Waals surface area contributed by atoms with Crippen molar-refractivity contribution in [1.82, 2.24) is 10.6 Å². The Morgan fingerprint density at radius 3 is 2.42 bits per heavy atom. The largest absolute Gasteiger partial charge is 0.507 e. The van der Waals surface area contributed by atoms with Gasteiger partial charge in [0.25, 0.3) is 0 Å². The highest BCUT2D eigenvalue weighted by molar-refractivity contribution is 6.31. The second kappa shape index (κ2) is 8.70. The van der Waals surface area contributed by atoms with E-state index in [1.807, 2.05) is 0 Å². The normalized spacial score (nSPS) is 20.5. The fourth-order valence-corrected chi connectivity index (χ4v) is 4.02. The molecule has 0 saturated carbocycles. The van der Waals surface area contributed by atoms with Crippen molar-refractivity contribution >= 4 is 23.3 Å². The second-order valence-corrected chi connectivity index (χ2v) is 8.08. The standard InChI is InChI=1S/C23H26N2O8/c1-10-19(29)17(12(3)26)21-18(20(10)30)23(4)14(33-21)8-13(27)16(22(23)31)11(2)25-9-15(28)24-6-7-32-5/h8,25,29-30H,6-7,9H2,1-5H3,(H,24,28)/b16-11+/t23-/m0/s1. The summed E-state index contributed by atoms with van der Waals surface area (Å²) in [6.45, 7) is 6.08. The van der Waals surface area contributed by atoms with E-state index in [9.17, 15) is 29.4 Å². The molecule has 1 heterocycles. The molecule has 0 saturated heterocycles. The number of nitrogens with one attached hydrogen (secondary N) is 2. The zero-order chi connectivity index (χ0) is 24.7. The van der Waals surface area contributed by atoms with E-state index in [-0.39, 0.29) is 51.9 Å². The number of ether oxygens (including phenoxy) is 2. The number of aromatic hydroxyl groups is 2. The van der Waals surface area contributed by atoms with Gasteiger partial charge in [-0.15, -0.1) is 0 Å². The molecular weight excluding hydrogens is 432 g/mol. The predicted molar refractivity (Wildman–Crippen MR) is 116 cm³/mol. The first-order valence-electron chi connectivity index (χ1n) is 10.3. The van der Waals surface area contributed by atoms with Gasteiger partial charge in [-0.05, 0) is 27.7 Å². The average molecular weight is 458 g/mol. The van der Waals surface area contributed by atoms with Gasteiger partial charge in [0.15, 0.2) is 17.3 Å². The monoisotopic (exact) mass is 458 g/mol. The lowest BCUT2D eigenvalue weighted by atomic mass is 9.70. The number of amides is 1. The van der Waals surface area contributed by atoms with Gasteiger partial charge in [-0.1, -0.05) is 0 Å². The molecule has 0 unspecified atom stereocenters. The van der Waals surface area contributed by atoms with Crippen LogP contribution in [0.5, 0.6) is 17.2 Å². The van der Waals surface area contributed by atoms with Crippen LogP contribution in [0.2, 0.25) is 0 Å². The number of hydrogen-bond acceptors (Lipinski definition) is 9. The minimum absolute atomic E-state index is 0.00867. The summed E-state index contributed by atoms with van der Waals surface area (Å²) in [4.78, 5) is 50.6. The summed E-state index contributed by atoms with van der Waals surface area (Å²) in [5.41, 5.74) is -1.77. The number of benzene rings is 1. The molecule has 10 nitrogen and oxygen atoms in total. The molecule has 2 aliphatic rings. The van der Waals surface area contributed by atoms with Crippen molar-refractivity contribution in [2.45, 2.75) is 33.1 Å². The van der Waals surface area contributed by atoms with Crippen molar-refractivity contribution in [2.24, 2.45) is 0 Å². The number of phenols is 2. The number of phenolic OH excluding ortho intramolecular Hbond substituents is 2. The molecule has 0 aromatic heterocycles. The van der Waals surface area contributed by atoms with Crippen molar-refractivity contribution in [3.05, 3.63) is 39.8 Å². The molecule has 0 bridgehead atoms. The van der Waals surface area contributed by atoms with Crippen molar-refractivity contribution in [2.75, 3.05) is 26.8 Å². The molecule has 33 heavy (non-hydrogen) atoms. The topological polar surface area (TPSA) is 151 Å². The minimum atomic E-state index is -1.60. The van der Waals surface area contributed by atoms with Gasteiger partial charge < -0.3 is 30.3 Å². The second-order valence-electron chi connectivity index (χ2n) is 8.08. The van der Waals surface area contributed by atoms with Gasteiger partial charge in [0.05, 0.1) is 24.3 Å². The maximum Gasteiger partial charge on any atom is 0.239 e. The number of allylic oxidation sites excluding steroid dienone is 4. The van der Waals surface area contributed by atoms with E-state index >= 15 is 0 Å². The van der Waals surface area contributed by atoms with Crippen LogP contribution >= 0.6 is 0 Å². The Kier molecular flexibility index (Phi) is 6.33. The van der Waals surface area contributed by atoms with Crippen LogP contribution in [0.1, 0.15) is 42.3 Å². The Bertz CT molecular complexity index is 1150. The van der Waals surface area contributed by atoms with E-state index in [0.29, 0.717) is 13.2 Å². The molecule has 4 N–H and O–H groups in total. The Hall–Kier alpha value is -3.66. The predicted octanol–water partition coefficient (Wildman–Crippen LogP) is 0.921. The van der Waals surface area contributed by atoms with Crippen LogP contribution in [-0.2, 0) is 24.5 Å². The smallest absolute Gasteiger partial charge is 0.239 e. The molecule has 0 fully saturated rings. The first-order valence-corrected chi connectivity index (χ1v) is 10.3. The maximum atomic E-state index is 13.6. The molecular formula is C23H26N2O8. The Balaban J connectivity index is 2.05. The maximum absolute atomic E-state index is 13.6. The van der Waals surface area contributed by atoms with E-state index < -0.39 is 34.3 Å². The van der Waals surface area contributed by atoms with Gasteiger partial charge >= 0.3 is 0 Å². The Labute approximate surface area is 190 Å². The molecule has 1 aliphatic carbocycles. The van der Waals surface area contributed by atoms with Crippen LogP contribution in [0.4, 0.5) is 0 Å². The summed E-state index contributed by atoms with van der Waals surface area (Å²) in [5.74, 6) is -3.24. The van der Waals surface area contributed by atoms with E-state index in [0.717, 1.165) is 6.08 Å². The molecule has 0 spiro atoms. The van der Waals surface area contributed by atoms with Gasteiger partial charge in [0.2, 0.25) is 5.91 Å². The van der Waals surface area contributed by atoms with Crippen LogP contribution in [0.3, 0.4) is 0 Å². The quantitative estimate of drug-likeness (QED) is 0.202. The summed E-state index contributed by atoms with van der Waals surface area (Å²) in [5, 5.41) is 26.6. The summed E-state index contributed by atoms with van der Waals surface area (Å²) < 4.78 is 10.6. The lowest BCUT2D eigenvalue weighted by Gasteiger charge is -2.29. The van der Waals surface area contributed by atoms with Crippen molar-refractivity contribution in [1.29, 1.82) is 0 Å². The van der Waals surface area contributed by atoms with E-state index in [2.05, 4.69) is 10.6 Å². The third kappa shape index (κ3) is 3.76. The molecule has 1 amide bonds. The Morgan fingerprint density at radius 2 is 1.82 bits per heavy atom. The van der Waals surface area contributed by atoms with Crippen LogP contribution in [0.25, 0.3) is 0 Å². The van der Waals surface area contributed by atoms with Crippen LogP contribution in [-0.4, -0.2) is 60.3 Å². The minimum Gasteiger partial charge on any atom is -0.507 e. The van der Waals surface area contributed by atoms with Crippen LogP contribution in [0.15, 0.2) is 23.1 Å². The molecule has 176 valence electrons. The number of rotatable bonds is 7. The Morgan fingerprint density at radius 1 is 1.15 bits per heavy atom. The number of carbonyl (C=O) groups is 4. The van der Waals surface area contributed by atoms with Crippen molar-refractivity contribution in [3.8, 4) is 17.2 Å². The van der Waals surface area contributed by atoms with Crippen LogP contribution in [0, 0.1) is 6.92 Å². The summed E-state index contributed by atoms with van der Waals surface area (Å²) >= 11 is 0. The SMILES string of the molecule is COCCNC(=O)CN/C(C)=C1\C(=O)C=C2Oc3c(C(C)=O)c(O)c(C)c(O)c3[C@@]2(C)C1=O. The molecule has 1 aromatic carbocycles. The molecule has 3 rings (SSSR count). The highest BCUT2D eigenvalue weighted by Crippen LogP contribution is 2.57. The van der Waals surface area contributed by atoms with Gasteiger partial charge in [0.1, 0.15) is 34.0 Å². The summed E-state index contributed by atoms with van der Waals surface area (Å²) in [6.07, 6.45) is 1.12. The third-order valence-electron chi connectivity index (χ3n) is 5.90. The van der Waals surface area contributed by atoms with Crippen molar-refractivity contribution < 1.29 is 38.9 Å². The zero-order valence-corrected chi connectivity index (χ0v) is 19.0. The van der Waals surface area contributed by atoms with Gasteiger partial charge in [-0.25, -0.2) is 0 Å². The summed E-state index contributed by atoms with van der Waals surface area (Å²) in [6, 6.07) is 0. The fourth-order valence-electron chi connectivity index (χ4n) is 4.02. The van der Waals surface area contributed by atoms with E-state index in [1.165, 1.54) is 34.8 Å². The number of fused-ring (bicyclic) bond motifs is 3. The zero-order valence-electron chi connectivity index (χ0n) is 19.0. The average Bonchev–Trinajstić information content (AvgIpc) is 3.03.